The Kier molecular flexibility index (Phi) is 4.33. The first-order chi connectivity index (χ1) is 12.9. The van der Waals surface area contributed by atoms with E-state index in [4.69, 9.17) is 14.3 Å². The van der Waals surface area contributed by atoms with Crippen molar-refractivity contribution < 1.29 is 9.31 Å². The fourth-order valence-electron chi connectivity index (χ4n) is 2.96. The van der Waals surface area contributed by atoms with Crippen LogP contribution in [0.4, 0.5) is 0 Å². The Balaban J connectivity index is 1.82. The summed E-state index contributed by atoms with van der Waals surface area (Å²) in [5.74, 6) is 0. The topological polar surface area (TPSA) is 57.1 Å². The number of hydrogen-bond donors (Lipinski definition) is 0. The Morgan fingerprint density at radius 3 is 1.59 bits per heavy atom. The maximum atomic E-state index is 6.24. The Morgan fingerprint density at radius 1 is 0.704 bits per heavy atom. The van der Waals surface area contributed by atoms with E-state index in [1.54, 1.807) is 12.4 Å². The first-order valence-electron chi connectivity index (χ1n) is 9.06. The van der Waals surface area contributed by atoms with E-state index in [1.165, 1.54) is 0 Å². The smallest absolute Gasteiger partial charge is 0.399 e. The molecule has 1 fully saturated rings. The van der Waals surface area contributed by atoms with Crippen LogP contribution in [0.25, 0.3) is 22.8 Å². The summed E-state index contributed by atoms with van der Waals surface area (Å²) < 4.78 is 12.5. The first-order valence-corrected chi connectivity index (χ1v) is 9.06. The third-order valence-electron chi connectivity index (χ3n) is 5.23. The SMILES string of the molecule is CC1(C)OB(c2cc(-c3ccccn3)nc(-c3ccccn3)c2)OC1(C)C. The van der Waals surface area contributed by atoms with Gasteiger partial charge in [0, 0.05) is 12.4 Å². The average molecular weight is 359 g/mol. The molecule has 6 heteroatoms. The lowest BCUT2D eigenvalue weighted by Gasteiger charge is -2.32. The predicted octanol–water partition coefficient (Wildman–Crippen LogP) is 3.50. The molecular formula is C21H22BN3O2. The van der Waals surface area contributed by atoms with E-state index in [-0.39, 0.29) is 0 Å². The Bertz CT molecular complexity index is 872. The number of rotatable bonds is 3. The van der Waals surface area contributed by atoms with Crippen LogP contribution in [0.3, 0.4) is 0 Å². The van der Waals surface area contributed by atoms with Gasteiger partial charge in [-0.25, -0.2) is 4.98 Å². The molecule has 1 aliphatic rings. The first kappa shape index (κ1) is 17.8. The summed E-state index contributed by atoms with van der Waals surface area (Å²) in [6, 6.07) is 15.5. The van der Waals surface area contributed by atoms with Gasteiger partial charge >= 0.3 is 7.12 Å². The molecule has 27 heavy (non-hydrogen) atoms. The molecule has 1 aliphatic heterocycles. The van der Waals surface area contributed by atoms with E-state index in [2.05, 4.69) is 9.97 Å². The maximum Gasteiger partial charge on any atom is 0.494 e. The summed E-state index contributed by atoms with van der Waals surface area (Å²) in [4.78, 5) is 13.7. The highest BCUT2D eigenvalue weighted by molar-refractivity contribution is 6.62. The van der Waals surface area contributed by atoms with Crippen LogP contribution < -0.4 is 5.46 Å². The molecule has 0 spiro atoms. The normalized spacial score (nSPS) is 17.9. The molecule has 0 unspecified atom stereocenters. The summed E-state index contributed by atoms with van der Waals surface area (Å²) in [5.41, 5.74) is 3.23. The average Bonchev–Trinajstić information content (AvgIpc) is 2.90. The predicted molar refractivity (Wildman–Crippen MR) is 106 cm³/mol. The van der Waals surface area contributed by atoms with Gasteiger partial charge in [-0.05, 0) is 69.6 Å². The highest BCUT2D eigenvalue weighted by Gasteiger charge is 2.51. The van der Waals surface area contributed by atoms with Gasteiger partial charge in [0.25, 0.3) is 0 Å². The van der Waals surface area contributed by atoms with Gasteiger partial charge in [-0.2, -0.15) is 0 Å². The van der Waals surface area contributed by atoms with Crippen molar-refractivity contribution in [3.05, 3.63) is 60.9 Å². The third kappa shape index (κ3) is 3.38. The van der Waals surface area contributed by atoms with Crippen molar-refractivity contribution in [3.63, 3.8) is 0 Å². The molecule has 3 aromatic rings. The molecule has 0 aromatic carbocycles. The molecule has 136 valence electrons. The van der Waals surface area contributed by atoms with Crippen molar-refractivity contribution in [2.75, 3.05) is 0 Å². The van der Waals surface area contributed by atoms with Gasteiger partial charge in [0.15, 0.2) is 0 Å². The molecule has 0 radical (unpaired) electrons. The van der Waals surface area contributed by atoms with Crippen LogP contribution in [0, 0.1) is 0 Å². The number of hydrogen-bond acceptors (Lipinski definition) is 5. The highest BCUT2D eigenvalue weighted by Crippen LogP contribution is 2.36. The Labute approximate surface area is 160 Å². The zero-order valence-electron chi connectivity index (χ0n) is 16.0. The van der Waals surface area contributed by atoms with Crippen molar-refractivity contribution in [1.29, 1.82) is 0 Å². The maximum absolute atomic E-state index is 6.24. The lowest BCUT2D eigenvalue weighted by atomic mass is 9.78. The molecule has 0 aliphatic carbocycles. The summed E-state index contributed by atoms with van der Waals surface area (Å²) >= 11 is 0. The Hall–Kier alpha value is -2.57. The van der Waals surface area contributed by atoms with E-state index in [9.17, 15) is 0 Å². The summed E-state index contributed by atoms with van der Waals surface area (Å²) in [7, 11) is -0.470. The molecule has 0 atom stereocenters. The van der Waals surface area contributed by atoms with Gasteiger partial charge in [0.2, 0.25) is 0 Å². The molecule has 0 amide bonds. The van der Waals surface area contributed by atoms with Crippen molar-refractivity contribution in [2.45, 2.75) is 38.9 Å². The standard InChI is InChI=1S/C21H22BN3O2/c1-20(2)21(3,4)27-22(26-20)15-13-18(16-9-5-7-11-23-16)25-19(14-15)17-10-6-8-12-24-17/h5-14H,1-4H3. The van der Waals surface area contributed by atoms with Gasteiger partial charge in [0.1, 0.15) is 0 Å². The van der Waals surface area contributed by atoms with E-state index >= 15 is 0 Å². The molecule has 0 N–H and O–H groups in total. The van der Waals surface area contributed by atoms with Crippen LogP contribution in [0.2, 0.25) is 0 Å². The van der Waals surface area contributed by atoms with Crippen LogP contribution >= 0.6 is 0 Å². The molecule has 0 saturated carbocycles. The van der Waals surface area contributed by atoms with Crippen molar-refractivity contribution in [1.82, 2.24) is 15.0 Å². The number of aromatic nitrogens is 3. The second-order valence-electron chi connectivity index (χ2n) is 7.69. The van der Waals surface area contributed by atoms with Crippen molar-refractivity contribution in [2.24, 2.45) is 0 Å². The highest BCUT2D eigenvalue weighted by atomic mass is 16.7. The van der Waals surface area contributed by atoms with Crippen LogP contribution in [-0.2, 0) is 9.31 Å². The zero-order valence-corrected chi connectivity index (χ0v) is 16.0. The molecular weight excluding hydrogens is 337 g/mol. The number of pyridine rings is 3. The van der Waals surface area contributed by atoms with Crippen LogP contribution in [-0.4, -0.2) is 33.3 Å². The van der Waals surface area contributed by atoms with E-state index in [1.807, 2.05) is 76.2 Å². The lowest BCUT2D eigenvalue weighted by molar-refractivity contribution is 0.00578. The van der Waals surface area contributed by atoms with Crippen molar-refractivity contribution >= 4 is 12.6 Å². The molecule has 5 nitrogen and oxygen atoms in total. The van der Waals surface area contributed by atoms with Gasteiger partial charge in [-0.3, -0.25) is 9.97 Å². The minimum Gasteiger partial charge on any atom is -0.399 e. The van der Waals surface area contributed by atoms with Crippen LogP contribution in [0.15, 0.2) is 60.9 Å². The van der Waals surface area contributed by atoms with Gasteiger partial charge < -0.3 is 9.31 Å². The van der Waals surface area contributed by atoms with E-state index in [0.29, 0.717) is 0 Å². The van der Waals surface area contributed by atoms with Crippen molar-refractivity contribution in [3.8, 4) is 22.8 Å². The third-order valence-corrected chi connectivity index (χ3v) is 5.23. The van der Waals surface area contributed by atoms with E-state index in [0.717, 1.165) is 28.2 Å². The number of nitrogens with zero attached hydrogens (tertiary/aromatic N) is 3. The molecule has 4 heterocycles. The van der Waals surface area contributed by atoms with Gasteiger partial charge in [-0.15, -0.1) is 0 Å². The second kappa shape index (κ2) is 6.55. The fraction of sp³-hybridized carbons (Fsp3) is 0.286. The summed E-state index contributed by atoms with van der Waals surface area (Å²) in [6.45, 7) is 8.20. The molecule has 4 rings (SSSR count). The molecule has 3 aromatic heterocycles. The quantitative estimate of drug-likeness (QED) is 0.670. The lowest BCUT2D eigenvalue weighted by Crippen LogP contribution is -2.41. The summed E-state index contributed by atoms with van der Waals surface area (Å²) in [5, 5.41) is 0. The fourth-order valence-corrected chi connectivity index (χ4v) is 2.96. The van der Waals surface area contributed by atoms with Gasteiger partial charge in [0.05, 0.1) is 34.0 Å². The van der Waals surface area contributed by atoms with Crippen LogP contribution in [0.1, 0.15) is 27.7 Å². The minimum atomic E-state index is -0.470. The van der Waals surface area contributed by atoms with E-state index < -0.39 is 18.3 Å². The van der Waals surface area contributed by atoms with Gasteiger partial charge in [-0.1, -0.05) is 12.1 Å². The monoisotopic (exact) mass is 359 g/mol. The molecule has 1 saturated heterocycles. The second-order valence-corrected chi connectivity index (χ2v) is 7.69. The largest absolute Gasteiger partial charge is 0.494 e. The Morgan fingerprint density at radius 2 is 1.19 bits per heavy atom. The minimum absolute atomic E-state index is 0.405. The summed E-state index contributed by atoms with van der Waals surface area (Å²) in [6.07, 6.45) is 3.53. The zero-order chi connectivity index (χ0) is 19.1. The molecule has 0 bridgehead atoms. The van der Waals surface area contributed by atoms with Crippen LogP contribution in [0.5, 0.6) is 0 Å².